The van der Waals surface area contributed by atoms with E-state index in [0.29, 0.717) is 16.0 Å². The number of benzene rings is 2. The molecular formula is C17H11FN2O2S2. The molecule has 0 aromatic heterocycles. The topological polar surface area (TPSA) is 49.4 Å². The lowest BCUT2D eigenvalue weighted by Gasteiger charge is -2.15. The number of hydrogen-bond acceptors (Lipinski definition) is 4. The van der Waals surface area contributed by atoms with E-state index < -0.39 is 11.8 Å². The molecule has 1 fully saturated rings. The van der Waals surface area contributed by atoms with E-state index in [0.717, 1.165) is 16.8 Å². The first-order valence-corrected chi connectivity index (χ1v) is 8.16. The number of thiocarbonyl (C=S) groups is 1. The van der Waals surface area contributed by atoms with Gasteiger partial charge in [-0.2, -0.15) is 5.01 Å². The number of amides is 2. The van der Waals surface area contributed by atoms with Gasteiger partial charge in [-0.15, -0.1) is 0 Å². The number of carbonyl (C=O) groups excluding carboxylic acids is 2. The minimum Gasteiger partial charge on any atom is -0.267 e. The van der Waals surface area contributed by atoms with Gasteiger partial charge in [0.15, 0.2) is 4.32 Å². The lowest BCUT2D eigenvalue weighted by Crippen LogP contribution is -2.44. The summed E-state index contributed by atoms with van der Waals surface area (Å²) in [6.45, 7) is 0. The zero-order valence-electron chi connectivity index (χ0n) is 12.2. The largest absolute Gasteiger partial charge is 0.285 e. The average molecular weight is 358 g/mol. The predicted octanol–water partition coefficient (Wildman–Crippen LogP) is 3.37. The maximum Gasteiger partial charge on any atom is 0.285 e. The highest BCUT2D eigenvalue weighted by Gasteiger charge is 2.33. The Morgan fingerprint density at radius 3 is 2.46 bits per heavy atom. The molecule has 0 saturated carbocycles. The van der Waals surface area contributed by atoms with E-state index in [1.807, 2.05) is 0 Å². The maximum atomic E-state index is 12.9. The Kier molecular flexibility index (Phi) is 4.73. The standard InChI is InChI=1S/C17H11FN2O2S2/c18-13-8-6-11(7-9-13)10-14-16(22)20(17(23)24-14)19-15(21)12-4-2-1-3-5-12/h1-10H,(H,19,21)/b14-10+. The second-order valence-corrected chi connectivity index (χ2v) is 6.55. The van der Waals surface area contributed by atoms with Gasteiger partial charge >= 0.3 is 0 Å². The molecule has 0 atom stereocenters. The van der Waals surface area contributed by atoms with Crippen LogP contribution in [0.4, 0.5) is 4.39 Å². The maximum absolute atomic E-state index is 12.9. The molecule has 3 rings (SSSR count). The summed E-state index contributed by atoms with van der Waals surface area (Å²) in [5.74, 6) is -1.19. The van der Waals surface area contributed by atoms with Gasteiger partial charge in [0.2, 0.25) is 0 Å². The number of carbonyl (C=O) groups is 2. The van der Waals surface area contributed by atoms with Gasteiger partial charge < -0.3 is 0 Å². The van der Waals surface area contributed by atoms with Crippen LogP contribution >= 0.6 is 24.0 Å². The SMILES string of the molecule is O=C(NN1C(=O)/C(=C\c2ccc(F)cc2)SC1=S)c1ccccc1. The number of rotatable bonds is 3. The molecule has 0 unspecified atom stereocenters. The van der Waals surface area contributed by atoms with Crippen LogP contribution in [0.25, 0.3) is 6.08 Å². The summed E-state index contributed by atoms with van der Waals surface area (Å²) in [6.07, 6.45) is 1.60. The van der Waals surface area contributed by atoms with E-state index >= 15 is 0 Å². The van der Waals surface area contributed by atoms with Crippen molar-refractivity contribution in [2.24, 2.45) is 0 Å². The Bertz CT molecular complexity index is 835. The molecule has 0 radical (unpaired) electrons. The van der Waals surface area contributed by atoms with E-state index in [-0.39, 0.29) is 10.1 Å². The number of hydrogen-bond donors (Lipinski definition) is 1. The van der Waals surface area contributed by atoms with Gasteiger partial charge in [-0.25, -0.2) is 4.39 Å². The van der Waals surface area contributed by atoms with Crippen molar-refractivity contribution in [1.82, 2.24) is 10.4 Å². The molecule has 0 bridgehead atoms. The highest BCUT2D eigenvalue weighted by molar-refractivity contribution is 8.26. The van der Waals surface area contributed by atoms with E-state index in [2.05, 4.69) is 5.43 Å². The van der Waals surface area contributed by atoms with Crippen LogP contribution in [0.3, 0.4) is 0 Å². The number of thioether (sulfide) groups is 1. The van der Waals surface area contributed by atoms with Crippen LogP contribution in [0.15, 0.2) is 59.5 Å². The molecule has 120 valence electrons. The first-order valence-electron chi connectivity index (χ1n) is 6.94. The fourth-order valence-electron chi connectivity index (χ4n) is 2.03. The monoisotopic (exact) mass is 358 g/mol. The van der Waals surface area contributed by atoms with Crippen molar-refractivity contribution in [3.8, 4) is 0 Å². The van der Waals surface area contributed by atoms with Gasteiger partial charge in [-0.05, 0) is 48.1 Å². The van der Waals surface area contributed by atoms with Crippen molar-refractivity contribution in [2.45, 2.75) is 0 Å². The molecule has 2 aromatic carbocycles. The van der Waals surface area contributed by atoms with Crippen molar-refractivity contribution in [2.75, 3.05) is 0 Å². The van der Waals surface area contributed by atoms with Crippen molar-refractivity contribution in [3.63, 3.8) is 0 Å². The number of hydrazine groups is 1. The van der Waals surface area contributed by atoms with Gasteiger partial charge in [0.05, 0.1) is 4.91 Å². The van der Waals surface area contributed by atoms with E-state index in [4.69, 9.17) is 12.2 Å². The van der Waals surface area contributed by atoms with Crippen LogP contribution in [0.2, 0.25) is 0 Å². The van der Waals surface area contributed by atoms with Gasteiger partial charge in [-0.3, -0.25) is 15.0 Å². The summed E-state index contributed by atoms with van der Waals surface area (Å²) >= 11 is 6.23. The van der Waals surface area contributed by atoms with Crippen LogP contribution in [-0.2, 0) is 4.79 Å². The molecule has 1 aliphatic heterocycles. The molecule has 2 aromatic rings. The third-order valence-corrected chi connectivity index (χ3v) is 4.51. The second-order valence-electron chi connectivity index (χ2n) is 4.88. The fraction of sp³-hybridized carbons (Fsp3) is 0. The summed E-state index contributed by atoms with van der Waals surface area (Å²) in [4.78, 5) is 24.9. The van der Waals surface area contributed by atoms with Crippen LogP contribution in [0, 0.1) is 5.82 Å². The number of nitrogens with one attached hydrogen (secondary N) is 1. The lowest BCUT2D eigenvalue weighted by molar-refractivity contribution is -0.123. The summed E-state index contributed by atoms with van der Waals surface area (Å²) in [7, 11) is 0. The highest BCUT2D eigenvalue weighted by atomic mass is 32.2. The van der Waals surface area contributed by atoms with Crippen molar-refractivity contribution in [1.29, 1.82) is 0 Å². The minimum absolute atomic E-state index is 0.234. The third kappa shape index (κ3) is 3.52. The van der Waals surface area contributed by atoms with Gasteiger partial charge in [0.25, 0.3) is 11.8 Å². The highest BCUT2D eigenvalue weighted by Crippen LogP contribution is 2.31. The molecule has 2 amide bonds. The Labute approximate surface area is 147 Å². The van der Waals surface area contributed by atoms with E-state index in [1.165, 1.54) is 12.1 Å². The Morgan fingerprint density at radius 1 is 1.12 bits per heavy atom. The first-order chi connectivity index (χ1) is 11.5. The van der Waals surface area contributed by atoms with E-state index in [1.54, 1.807) is 48.5 Å². The average Bonchev–Trinajstić information content (AvgIpc) is 2.85. The van der Waals surface area contributed by atoms with Crippen LogP contribution in [-0.4, -0.2) is 21.1 Å². The molecule has 24 heavy (non-hydrogen) atoms. The smallest absolute Gasteiger partial charge is 0.267 e. The van der Waals surface area contributed by atoms with Crippen LogP contribution in [0.1, 0.15) is 15.9 Å². The molecule has 0 aliphatic carbocycles. The molecular weight excluding hydrogens is 347 g/mol. The van der Waals surface area contributed by atoms with Crippen molar-refractivity contribution in [3.05, 3.63) is 76.4 Å². The van der Waals surface area contributed by atoms with E-state index in [9.17, 15) is 14.0 Å². The summed E-state index contributed by atoms with van der Waals surface area (Å²) in [5, 5.41) is 1.05. The van der Waals surface area contributed by atoms with Crippen LogP contribution < -0.4 is 5.43 Å². The third-order valence-electron chi connectivity index (χ3n) is 3.21. The molecule has 1 N–H and O–H groups in total. The quantitative estimate of drug-likeness (QED) is 0.675. The molecule has 1 saturated heterocycles. The molecule has 4 nitrogen and oxygen atoms in total. The number of halogens is 1. The van der Waals surface area contributed by atoms with Crippen LogP contribution in [0.5, 0.6) is 0 Å². The lowest BCUT2D eigenvalue weighted by atomic mass is 10.2. The second kappa shape index (κ2) is 6.94. The number of nitrogens with zero attached hydrogens (tertiary/aromatic N) is 1. The minimum atomic E-state index is -0.421. The molecule has 1 heterocycles. The fourth-order valence-corrected chi connectivity index (χ4v) is 3.21. The van der Waals surface area contributed by atoms with Crippen molar-refractivity contribution < 1.29 is 14.0 Å². The van der Waals surface area contributed by atoms with Gasteiger partial charge in [0, 0.05) is 5.56 Å². The summed E-state index contributed by atoms with van der Waals surface area (Å²) in [5.41, 5.74) is 3.60. The molecule has 7 heteroatoms. The van der Waals surface area contributed by atoms with Crippen molar-refractivity contribution >= 4 is 46.2 Å². The summed E-state index contributed by atoms with van der Waals surface area (Å²) in [6, 6.07) is 14.3. The Morgan fingerprint density at radius 2 is 1.79 bits per heavy atom. The zero-order chi connectivity index (χ0) is 17.1. The molecule has 1 aliphatic rings. The molecule has 0 spiro atoms. The van der Waals surface area contributed by atoms with Gasteiger partial charge in [0.1, 0.15) is 5.82 Å². The van der Waals surface area contributed by atoms with Gasteiger partial charge in [-0.1, -0.05) is 42.1 Å². The zero-order valence-corrected chi connectivity index (χ0v) is 13.9. The normalized spacial score (nSPS) is 15.9. The first kappa shape index (κ1) is 16.4. The summed E-state index contributed by atoms with van der Waals surface area (Å²) < 4.78 is 13.2. The Hall–Kier alpha value is -2.51. The Balaban J connectivity index is 1.77. The predicted molar refractivity (Wildman–Crippen MR) is 95.3 cm³/mol.